The molecule has 26 heavy (non-hydrogen) atoms. The Morgan fingerprint density at radius 2 is 1.92 bits per heavy atom. The summed E-state index contributed by atoms with van der Waals surface area (Å²) in [6, 6.07) is 10.1. The number of hydrogen-bond donors (Lipinski definition) is 2. The smallest absolute Gasteiger partial charge is 0.287 e. The van der Waals surface area contributed by atoms with E-state index < -0.39 is 11.9 Å². The van der Waals surface area contributed by atoms with Crippen molar-refractivity contribution in [2.24, 2.45) is 5.92 Å². The Kier molecular flexibility index (Phi) is 6.48. The summed E-state index contributed by atoms with van der Waals surface area (Å²) >= 11 is 6.07. The molecule has 0 aliphatic rings. The van der Waals surface area contributed by atoms with Gasteiger partial charge in [-0.15, -0.1) is 0 Å². The maximum atomic E-state index is 12.7. The van der Waals surface area contributed by atoms with E-state index in [9.17, 15) is 9.59 Å². The van der Waals surface area contributed by atoms with Gasteiger partial charge in [-0.05, 0) is 35.7 Å². The molecular formula is C20H25ClN2O3. The van der Waals surface area contributed by atoms with Gasteiger partial charge >= 0.3 is 0 Å². The number of nitrogens with one attached hydrogen (secondary N) is 2. The molecular weight excluding hydrogens is 352 g/mol. The maximum absolute atomic E-state index is 12.7. The van der Waals surface area contributed by atoms with Crippen molar-refractivity contribution in [2.45, 2.75) is 39.2 Å². The summed E-state index contributed by atoms with van der Waals surface area (Å²) in [7, 11) is 0. The van der Waals surface area contributed by atoms with Crippen molar-refractivity contribution in [3.05, 3.63) is 59.0 Å². The summed E-state index contributed by atoms with van der Waals surface area (Å²) in [5, 5.41) is 6.34. The van der Waals surface area contributed by atoms with E-state index >= 15 is 0 Å². The van der Waals surface area contributed by atoms with E-state index in [1.54, 1.807) is 12.1 Å². The highest BCUT2D eigenvalue weighted by Gasteiger charge is 2.28. The molecule has 0 spiro atoms. The molecule has 1 aromatic carbocycles. The van der Waals surface area contributed by atoms with Crippen LogP contribution in [0.5, 0.6) is 0 Å². The lowest BCUT2D eigenvalue weighted by Crippen LogP contribution is -2.51. The number of benzene rings is 1. The molecule has 0 aliphatic carbocycles. The molecule has 0 saturated carbocycles. The molecule has 2 aromatic rings. The van der Waals surface area contributed by atoms with E-state index in [1.807, 2.05) is 52.0 Å². The third-order valence-corrected chi connectivity index (χ3v) is 4.53. The summed E-state index contributed by atoms with van der Waals surface area (Å²) in [5.74, 6) is -0.515. The second kappa shape index (κ2) is 8.41. The second-order valence-corrected chi connectivity index (χ2v) is 7.72. The maximum Gasteiger partial charge on any atom is 0.287 e. The predicted molar refractivity (Wildman–Crippen MR) is 102 cm³/mol. The molecule has 0 saturated heterocycles. The first-order valence-electron chi connectivity index (χ1n) is 8.59. The Labute approximate surface area is 159 Å². The van der Waals surface area contributed by atoms with Crippen LogP contribution in [-0.4, -0.2) is 24.4 Å². The highest BCUT2D eigenvalue weighted by molar-refractivity contribution is 6.30. The van der Waals surface area contributed by atoms with Crippen molar-refractivity contribution in [3.8, 4) is 0 Å². The molecule has 2 N–H and O–H groups in total. The van der Waals surface area contributed by atoms with E-state index in [2.05, 4.69) is 10.6 Å². The minimum atomic E-state index is -0.650. The summed E-state index contributed by atoms with van der Waals surface area (Å²) in [6.07, 6.45) is 1.42. The predicted octanol–water partition coefficient (Wildman–Crippen LogP) is 3.78. The first-order valence-corrected chi connectivity index (χ1v) is 8.96. The molecule has 1 heterocycles. The Morgan fingerprint density at radius 1 is 1.19 bits per heavy atom. The molecule has 0 fully saturated rings. The number of carbonyl (C=O) groups is 2. The van der Waals surface area contributed by atoms with Gasteiger partial charge in [0.2, 0.25) is 5.91 Å². The average Bonchev–Trinajstić information content (AvgIpc) is 3.12. The van der Waals surface area contributed by atoms with Crippen LogP contribution in [0.15, 0.2) is 47.1 Å². The van der Waals surface area contributed by atoms with Gasteiger partial charge in [-0.25, -0.2) is 0 Å². The zero-order chi connectivity index (χ0) is 19.3. The van der Waals surface area contributed by atoms with Crippen molar-refractivity contribution >= 4 is 23.4 Å². The lowest BCUT2D eigenvalue weighted by atomic mass is 9.84. The second-order valence-electron chi connectivity index (χ2n) is 7.28. The Bertz CT molecular complexity index is 754. The van der Waals surface area contributed by atoms with Crippen molar-refractivity contribution in [1.82, 2.24) is 10.6 Å². The molecule has 140 valence electrons. The fourth-order valence-electron chi connectivity index (χ4n) is 2.58. The van der Waals surface area contributed by atoms with Gasteiger partial charge in [0.1, 0.15) is 6.04 Å². The lowest BCUT2D eigenvalue weighted by molar-refractivity contribution is -0.124. The van der Waals surface area contributed by atoms with Crippen LogP contribution in [0, 0.1) is 5.92 Å². The highest BCUT2D eigenvalue weighted by Crippen LogP contribution is 2.25. The SMILES string of the molecule is CC(C)C(NC(=O)c1ccco1)C(=O)NCC(C)(C)c1cccc(Cl)c1. The quantitative estimate of drug-likeness (QED) is 0.772. The third kappa shape index (κ3) is 5.11. The molecule has 1 unspecified atom stereocenters. The van der Waals surface area contributed by atoms with Crippen molar-refractivity contribution in [1.29, 1.82) is 0 Å². The van der Waals surface area contributed by atoms with Crippen molar-refractivity contribution in [3.63, 3.8) is 0 Å². The number of furan rings is 1. The van der Waals surface area contributed by atoms with E-state index in [-0.39, 0.29) is 23.0 Å². The van der Waals surface area contributed by atoms with Crippen LogP contribution in [0.25, 0.3) is 0 Å². The van der Waals surface area contributed by atoms with Crippen LogP contribution < -0.4 is 10.6 Å². The Balaban J connectivity index is 2.02. The summed E-state index contributed by atoms with van der Waals surface area (Å²) in [4.78, 5) is 24.8. The largest absolute Gasteiger partial charge is 0.459 e. The van der Waals surface area contributed by atoms with Crippen molar-refractivity contribution in [2.75, 3.05) is 6.54 Å². The van der Waals surface area contributed by atoms with Gasteiger partial charge in [0.05, 0.1) is 6.26 Å². The van der Waals surface area contributed by atoms with E-state index in [0.29, 0.717) is 11.6 Å². The molecule has 6 heteroatoms. The van der Waals surface area contributed by atoms with E-state index in [4.69, 9.17) is 16.0 Å². The molecule has 1 atom stereocenters. The van der Waals surface area contributed by atoms with Crippen LogP contribution in [-0.2, 0) is 10.2 Å². The zero-order valence-corrected chi connectivity index (χ0v) is 16.3. The molecule has 2 amide bonds. The molecule has 5 nitrogen and oxygen atoms in total. The molecule has 0 radical (unpaired) electrons. The van der Waals surface area contributed by atoms with Gasteiger partial charge < -0.3 is 15.1 Å². The first kappa shape index (κ1) is 20.0. The van der Waals surface area contributed by atoms with Crippen molar-refractivity contribution < 1.29 is 14.0 Å². The number of amides is 2. The number of carbonyl (C=O) groups excluding carboxylic acids is 2. The lowest BCUT2D eigenvalue weighted by Gasteiger charge is -2.28. The number of halogens is 1. The van der Waals surface area contributed by atoms with Gasteiger partial charge in [0.15, 0.2) is 5.76 Å². The third-order valence-electron chi connectivity index (χ3n) is 4.29. The monoisotopic (exact) mass is 376 g/mol. The van der Waals surface area contributed by atoms with Gasteiger partial charge in [0.25, 0.3) is 5.91 Å². The fourth-order valence-corrected chi connectivity index (χ4v) is 2.77. The summed E-state index contributed by atoms with van der Waals surface area (Å²) in [6.45, 7) is 8.26. The standard InChI is InChI=1S/C20H25ClN2O3/c1-13(2)17(23-18(24)16-9-6-10-26-16)19(25)22-12-20(3,4)14-7-5-8-15(21)11-14/h5-11,13,17H,12H2,1-4H3,(H,22,25)(H,23,24). The van der Waals surface area contributed by atoms with Gasteiger partial charge in [-0.2, -0.15) is 0 Å². The molecule has 0 aliphatic heterocycles. The van der Waals surface area contributed by atoms with Crippen LogP contribution in [0.1, 0.15) is 43.8 Å². The summed E-state index contributed by atoms with van der Waals surface area (Å²) in [5.41, 5.74) is 0.735. The zero-order valence-electron chi connectivity index (χ0n) is 15.5. The fraction of sp³-hybridized carbons (Fsp3) is 0.400. The minimum Gasteiger partial charge on any atom is -0.459 e. The van der Waals surface area contributed by atoms with Crippen LogP contribution in [0.2, 0.25) is 5.02 Å². The number of rotatable bonds is 7. The van der Waals surface area contributed by atoms with Gasteiger partial charge in [-0.1, -0.05) is 51.4 Å². The Hall–Kier alpha value is -2.27. The minimum absolute atomic E-state index is 0.0665. The Morgan fingerprint density at radius 3 is 2.50 bits per heavy atom. The normalized spacial score (nSPS) is 12.7. The van der Waals surface area contributed by atoms with Crippen LogP contribution >= 0.6 is 11.6 Å². The summed E-state index contributed by atoms with van der Waals surface area (Å²) < 4.78 is 5.08. The van der Waals surface area contributed by atoms with Crippen LogP contribution in [0.4, 0.5) is 0 Å². The first-order chi connectivity index (χ1) is 12.2. The topological polar surface area (TPSA) is 71.3 Å². The van der Waals surface area contributed by atoms with E-state index in [1.165, 1.54) is 6.26 Å². The average molecular weight is 377 g/mol. The number of hydrogen-bond acceptors (Lipinski definition) is 3. The highest BCUT2D eigenvalue weighted by atomic mass is 35.5. The van der Waals surface area contributed by atoms with Crippen LogP contribution in [0.3, 0.4) is 0 Å². The van der Waals surface area contributed by atoms with Gasteiger partial charge in [-0.3, -0.25) is 9.59 Å². The molecule has 0 bridgehead atoms. The molecule has 2 rings (SSSR count). The molecule has 1 aromatic heterocycles. The van der Waals surface area contributed by atoms with Gasteiger partial charge in [0, 0.05) is 17.0 Å². The van der Waals surface area contributed by atoms with E-state index in [0.717, 1.165) is 5.56 Å².